The van der Waals surface area contributed by atoms with Gasteiger partial charge in [0.2, 0.25) is 0 Å². The van der Waals surface area contributed by atoms with Gasteiger partial charge in [-0.15, -0.1) is 0 Å². The quantitative estimate of drug-likeness (QED) is 0.0811. The van der Waals surface area contributed by atoms with Crippen LogP contribution < -0.4 is 0 Å². The molecule has 2 aliphatic rings. The molecule has 2 aliphatic carbocycles. The van der Waals surface area contributed by atoms with Crippen molar-refractivity contribution in [1.82, 2.24) is 0 Å². The molecular weight excluding hydrogens is 708 g/mol. The van der Waals surface area contributed by atoms with Crippen LogP contribution in [0.5, 0.6) is 0 Å². The molecule has 0 aromatic heterocycles. The second kappa shape index (κ2) is 17.2. The molecule has 292 valence electrons. The van der Waals surface area contributed by atoms with Crippen LogP contribution in [-0.4, -0.2) is 0 Å². The lowest BCUT2D eigenvalue weighted by atomic mass is 9.70. The minimum absolute atomic E-state index is 0.0875. The molecule has 0 bridgehead atoms. The Balaban J connectivity index is 1.12. The standard InChI is InChI=1S/C56H61Cl/c1-5-7-9-11-13-17-33-56(34-18-14-12-10-8-6-2)51-26-16-15-25-47(51)50-32-29-45(39-54(50)56)44-28-31-49-48-30-27-43(37-52(48)55(3,4)53(49)38-44)41-22-19-21-40(35-41)42-23-20-24-46(57)36-42/h15-16,19-32,35-39H,5-14,17-18,33-34H2,1-4H3. The minimum atomic E-state index is -0.118. The lowest BCUT2D eigenvalue weighted by molar-refractivity contribution is 0.398. The predicted octanol–water partition coefficient (Wildman–Crippen LogP) is 17.4. The van der Waals surface area contributed by atoms with E-state index in [1.54, 1.807) is 11.1 Å². The van der Waals surface area contributed by atoms with Gasteiger partial charge in [0.15, 0.2) is 0 Å². The zero-order chi connectivity index (χ0) is 39.4. The fourth-order valence-electron chi connectivity index (χ4n) is 10.4. The zero-order valence-electron chi connectivity index (χ0n) is 34.9. The number of hydrogen-bond donors (Lipinski definition) is 0. The highest BCUT2D eigenvalue weighted by molar-refractivity contribution is 6.30. The third kappa shape index (κ3) is 7.80. The molecule has 0 fully saturated rings. The van der Waals surface area contributed by atoms with Gasteiger partial charge >= 0.3 is 0 Å². The van der Waals surface area contributed by atoms with Crippen molar-refractivity contribution in [3.63, 3.8) is 0 Å². The van der Waals surface area contributed by atoms with Gasteiger partial charge in [-0.1, -0.05) is 207 Å². The average Bonchev–Trinajstić information content (AvgIpc) is 3.64. The summed E-state index contributed by atoms with van der Waals surface area (Å²) in [5.41, 5.74) is 19.1. The molecule has 0 heterocycles. The van der Waals surface area contributed by atoms with E-state index in [0.717, 1.165) is 10.6 Å². The highest BCUT2D eigenvalue weighted by Gasteiger charge is 2.42. The van der Waals surface area contributed by atoms with Crippen molar-refractivity contribution in [3.05, 3.63) is 155 Å². The normalized spacial score (nSPS) is 14.3. The first kappa shape index (κ1) is 39.4. The van der Waals surface area contributed by atoms with Gasteiger partial charge in [0.25, 0.3) is 0 Å². The molecule has 0 N–H and O–H groups in total. The summed E-state index contributed by atoms with van der Waals surface area (Å²) < 4.78 is 0. The molecule has 8 rings (SSSR count). The minimum Gasteiger partial charge on any atom is -0.0843 e. The van der Waals surface area contributed by atoms with Gasteiger partial charge in [0, 0.05) is 15.9 Å². The Morgan fingerprint density at radius 3 is 1.33 bits per heavy atom. The van der Waals surface area contributed by atoms with Crippen LogP contribution in [-0.2, 0) is 10.8 Å². The molecular formula is C56H61Cl. The largest absolute Gasteiger partial charge is 0.0843 e. The van der Waals surface area contributed by atoms with Gasteiger partial charge in [-0.25, -0.2) is 0 Å². The van der Waals surface area contributed by atoms with E-state index in [1.807, 2.05) is 18.2 Å². The van der Waals surface area contributed by atoms with Crippen LogP contribution in [0.1, 0.15) is 140 Å². The van der Waals surface area contributed by atoms with Crippen molar-refractivity contribution in [2.75, 3.05) is 0 Å². The molecule has 0 amide bonds. The molecule has 1 heteroatoms. The molecule has 6 aromatic carbocycles. The van der Waals surface area contributed by atoms with E-state index in [1.165, 1.54) is 151 Å². The van der Waals surface area contributed by atoms with Gasteiger partial charge in [0.05, 0.1) is 0 Å². The van der Waals surface area contributed by atoms with Crippen LogP contribution in [0, 0.1) is 0 Å². The monoisotopic (exact) mass is 768 g/mol. The van der Waals surface area contributed by atoms with Crippen molar-refractivity contribution in [2.45, 2.75) is 128 Å². The van der Waals surface area contributed by atoms with Gasteiger partial charge in [-0.2, -0.15) is 0 Å². The van der Waals surface area contributed by atoms with E-state index in [4.69, 9.17) is 11.6 Å². The van der Waals surface area contributed by atoms with E-state index in [0.29, 0.717) is 0 Å². The van der Waals surface area contributed by atoms with E-state index in [-0.39, 0.29) is 10.8 Å². The van der Waals surface area contributed by atoms with Gasteiger partial charge in [-0.3, -0.25) is 0 Å². The molecule has 0 spiro atoms. The van der Waals surface area contributed by atoms with Crippen LogP contribution in [0.15, 0.2) is 127 Å². The van der Waals surface area contributed by atoms with Crippen molar-refractivity contribution in [1.29, 1.82) is 0 Å². The van der Waals surface area contributed by atoms with Crippen LogP contribution in [0.4, 0.5) is 0 Å². The average molecular weight is 770 g/mol. The molecule has 6 aromatic rings. The zero-order valence-corrected chi connectivity index (χ0v) is 35.7. The van der Waals surface area contributed by atoms with E-state index < -0.39 is 0 Å². The SMILES string of the molecule is CCCCCCCCC1(CCCCCCCC)c2ccccc2-c2ccc(-c3ccc4c(c3)C(C)(C)c3cc(-c5cccc(-c6cccc(Cl)c6)c5)ccc3-4)cc21. The molecule has 0 saturated heterocycles. The van der Waals surface area contributed by atoms with Crippen LogP contribution >= 0.6 is 11.6 Å². The smallest absolute Gasteiger partial charge is 0.0412 e. The van der Waals surface area contributed by atoms with E-state index in [2.05, 4.69) is 137 Å². The predicted molar refractivity (Wildman–Crippen MR) is 248 cm³/mol. The number of hydrogen-bond acceptors (Lipinski definition) is 0. The summed E-state index contributed by atoms with van der Waals surface area (Å²) in [7, 11) is 0. The Bertz CT molecular complexity index is 2320. The third-order valence-electron chi connectivity index (χ3n) is 13.5. The summed E-state index contributed by atoms with van der Waals surface area (Å²) in [6.45, 7) is 9.47. The number of halogens is 1. The Labute approximate surface area is 348 Å². The van der Waals surface area contributed by atoms with E-state index >= 15 is 0 Å². The summed E-state index contributed by atoms with van der Waals surface area (Å²) in [5.74, 6) is 0. The molecule has 0 saturated carbocycles. The maximum Gasteiger partial charge on any atom is 0.0412 e. The summed E-state index contributed by atoms with van der Waals surface area (Å²) in [5, 5.41) is 0.764. The van der Waals surface area contributed by atoms with Crippen LogP contribution in [0.2, 0.25) is 5.02 Å². The fraction of sp³-hybridized carbons (Fsp3) is 0.357. The molecule has 0 aliphatic heterocycles. The van der Waals surface area contributed by atoms with Crippen molar-refractivity contribution in [3.8, 4) is 55.6 Å². The van der Waals surface area contributed by atoms with Crippen molar-refractivity contribution in [2.24, 2.45) is 0 Å². The number of rotatable bonds is 17. The molecule has 0 radical (unpaired) electrons. The van der Waals surface area contributed by atoms with Crippen LogP contribution in [0.25, 0.3) is 55.6 Å². The molecule has 0 unspecified atom stereocenters. The fourth-order valence-corrected chi connectivity index (χ4v) is 10.5. The Hall–Kier alpha value is -4.39. The van der Waals surface area contributed by atoms with E-state index in [9.17, 15) is 0 Å². The molecule has 0 nitrogen and oxygen atoms in total. The summed E-state index contributed by atoms with van der Waals surface area (Å²) in [6.07, 6.45) is 18.6. The second-order valence-electron chi connectivity index (χ2n) is 17.7. The first-order valence-electron chi connectivity index (χ1n) is 22.2. The van der Waals surface area contributed by atoms with Gasteiger partial charge in [-0.05, 0) is 127 Å². The highest BCUT2D eigenvalue weighted by atomic mass is 35.5. The molecule has 57 heavy (non-hydrogen) atoms. The number of fused-ring (bicyclic) bond motifs is 6. The Morgan fingerprint density at radius 2 is 0.789 bits per heavy atom. The maximum absolute atomic E-state index is 6.37. The van der Waals surface area contributed by atoms with Gasteiger partial charge < -0.3 is 0 Å². The number of benzene rings is 6. The first-order valence-corrected chi connectivity index (χ1v) is 22.6. The van der Waals surface area contributed by atoms with Crippen molar-refractivity contribution < 1.29 is 0 Å². The number of unbranched alkanes of at least 4 members (excludes halogenated alkanes) is 10. The Kier molecular flexibility index (Phi) is 11.9. The summed E-state index contributed by atoms with van der Waals surface area (Å²) >= 11 is 6.37. The topological polar surface area (TPSA) is 0 Å². The lowest BCUT2D eigenvalue weighted by Gasteiger charge is -2.33. The van der Waals surface area contributed by atoms with Crippen LogP contribution in [0.3, 0.4) is 0 Å². The van der Waals surface area contributed by atoms with Gasteiger partial charge in [0.1, 0.15) is 0 Å². The Morgan fingerprint density at radius 1 is 0.368 bits per heavy atom. The molecule has 0 atom stereocenters. The lowest BCUT2D eigenvalue weighted by Crippen LogP contribution is -2.25. The second-order valence-corrected chi connectivity index (χ2v) is 18.1. The summed E-state index contributed by atoms with van der Waals surface area (Å²) in [6, 6.07) is 48.3. The highest BCUT2D eigenvalue weighted by Crippen LogP contribution is 2.56. The summed E-state index contributed by atoms with van der Waals surface area (Å²) in [4.78, 5) is 0. The third-order valence-corrected chi connectivity index (χ3v) is 13.8. The first-order chi connectivity index (χ1) is 27.8. The van der Waals surface area contributed by atoms with Crippen molar-refractivity contribution >= 4 is 11.6 Å². The maximum atomic E-state index is 6.37.